The maximum atomic E-state index is 12.7. The third kappa shape index (κ3) is 3.66. The fourth-order valence-corrected chi connectivity index (χ4v) is 3.91. The third-order valence-electron chi connectivity index (χ3n) is 5.10. The summed E-state index contributed by atoms with van der Waals surface area (Å²) in [5.74, 6) is 0.0584. The van der Waals surface area contributed by atoms with Crippen LogP contribution in [0.5, 0.6) is 0 Å². The van der Waals surface area contributed by atoms with Crippen molar-refractivity contribution in [2.75, 3.05) is 0 Å². The van der Waals surface area contributed by atoms with E-state index in [1.165, 1.54) is 5.56 Å². The van der Waals surface area contributed by atoms with Gasteiger partial charge in [-0.1, -0.05) is 22.0 Å². The van der Waals surface area contributed by atoms with Crippen molar-refractivity contribution in [1.82, 2.24) is 28.5 Å². The van der Waals surface area contributed by atoms with E-state index in [0.717, 1.165) is 27.0 Å². The lowest BCUT2D eigenvalue weighted by Gasteiger charge is -2.00. The van der Waals surface area contributed by atoms with Crippen molar-refractivity contribution in [2.24, 2.45) is 0 Å². The first-order valence-corrected chi connectivity index (χ1v) is 10.5. The summed E-state index contributed by atoms with van der Waals surface area (Å²) in [7, 11) is 0. The van der Waals surface area contributed by atoms with Gasteiger partial charge >= 0.3 is 0 Å². The summed E-state index contributed by atoms with van der Waals surface area (Å²) in [5, 5.41) is 4.35. The molecule has 0 unspecified atom stereocenters. The number of carbonyl (C=O) groups excluding carboxylic acids is 1. The molecule has 0 aliphatic carbocycles. The van der Waals surface area contributed by atoms with Crippen LogP contribution in [0.4, 0.5) is 0 Å². The lowest BCUT2D eigenvalue weighted by Crippen LogP contribution is -2.02. The molecule has 5 heterocycles. The van der Waals surface area contributed by atoms with Crippen molar-refractivity contribution < 1.29 is 4.79 Å². The second-order valence-electron chi connectivity index (χ2n) is 7.38. The number of hydrogen-bond donors (Lipinski definition) is 0. The first-order valence-electron chi connectivity index (χ1n) is 9.66. The summed E-state index contributed by atoms with van der Waals surface area (Å²) in [6.45, 7) is 2.57. The van der Waals surface area contributed by atoms with Crippen LogP contribution in [-0.2, 0) is 13.0 Å². The molecule has 0 aliphatic rings. The minimum absolute atomic E-state index is 0.0584. The van der Waals surface area contributed by atoms with Gasteiger partial charge in [0, 0.05) is 35.7 Å². The highest BCUT2D eigenvalue weighted by molar-refractivity contribution is 9.10. The monoisotopic (exact) mass is 462 g/mol. The number of ketones is 1. The molecule has 0 amide bonds. The number of aryl methyl sites for hydroxylation is 2. The molecule has 5 aromatic rings. The van der Waals surface area contributed by atoms with Gasteiger partial charge in [-0.15, -0.1) is 0 Å². The second kappa shape index (κ2) is 7.53. The lowest BCUT2D eigenvalue weighted by atomic mass is 10.1. The molecule has 30 heavy (non-hydrogen) atoms. The number of pyridine rings is 2. The summed E-state index contributed by atoms with van der Waals surface area (Å²) in [6.07, 6.45) is 12.2. The van der Waals surface area contributed by atoms with Gasteiger partial charge in [0.1, 0.15) is 5.65 Å². The van der Waals surface area contributed by atoms with E-state index >= 15 is 0 Å². The van der Waals surface area contributed by atoms with Crippen LogP contribution in [0, 0.1) is 6.92 Å². The fourth-order valence-electron chi connectivity index (χ4n) is 3.58. The van der Waals surface area contributed by atoms with Gasteiger partial charge in [-0.25, -0.2) is 9.97 Å². The van der Waals surface area contributed by atoms with E-state index in [1.807, 2.05) is 51.7 Å². The smallest absolute Gasteiger partial charge is 0.166 e. The van der Waals surface area contributed by atoms with Crippen LogP contribution in [0.25, 0.3) is 11.2 Å². The minimum Gasteiger partial charge on any atom is -0.306 e. The second-order valence-corrected chi connectivity index (χ2v) is 8.30. The normalized spacial score (nSPS) is 11.5. The average molecular weight is 463 g/mol. The molecule has 0 spiro atoms. The van der Waals surface area contributed by atoms with Gasteiger partial charge in [0.05, 0.1) is 41.5 Å². The molecule has 5 aromatic heterocycles. The number of halogens is 1. The van der Waals surface area contributed by atoms with Crippen molar-refractivity contribution >= 4 is 32.9 Å². The van der Waals surface area contributed by atoms with E-state index in [9.17, 15) is 4.79 Å². The Morgan fingerprint density at radius 3 is 2.93 bits per heavy atom. The van der Waals surface area contributed by atoms with E-state index < -0.39 is 0 Å². The van der Waals surface area contributed by atoms with E-state index in [-0.39, 0.29) is 5.78 Å². The van der Waals surface area contributed by atoms with Crippen molar-refractivity contribution in [3.63, 3.8) is 0 Å². The lowest BCUT2D eigenvalue weighted by molar-refractivity contribution is 0.0982. The summed E-state index contributed by atoms with van der Waals surface area (Å²) < 4.78 is 6.71. The van der Waals surface area contributed by atoms with Gasteiger partial charge in [-0.05, 0) is 37.1 Å². The van der Waals surface area contributed by atoms with Gasteiger partial charge in [0.2, 0.25) is 0 Å². The number of rotatable bonds is 6. The molecular weight excluding hydrogens is 444 g/mol. The minimum atomic E-state index is 0.0584. The van der Waals surface area contributed by atoms with Crippen LogP contribution in [0.3, 0.4) is 0 Å². The molecule has 0 N–H and O–H groups in total. The van der Waals surface area contributed by atoms with Gasteiger partial charge in [-0.3, -0.25) is 9.48 Å². The fraction of sp³-hybridized carbons (Fsp3) is 0.182. The highest BCUT2D eigenvalue weighted by Crippen LogP contribution is 2.18. The molecule has 0 saturated carbocycles. The Bertz CT molecular complexity index is 1380. The zero-order valence-electron chi connectivity index (χ0n) is 16.4. The standard InChI is InChI=1S/C22H19BrN6O/c1-15-2-5-22-26-18(12-28(22)10-15)13-29-11-16(9-25-29)21(30)4-3-19-20-8-17(23)6-7-27(20)14-24-19/h2,5-12,14H,3-4,13H2,1H3. The predicted molar refractivity (Wildman–Crippen MR) is 117 cm³/mol. The number of imidazole rings is 2. The molecule has 0 aliphatic heterocycles. The quantitative estimate of drug-likeness (QED) is 0.356. The Morgan fingerprint density at radius 1 is 1.13 bits per heavy atom. The predicted octanol–water partition coefficient (Wildman–Crippen LogP) is 4.11. The molecule has 0 bridgehead atoms. The summed E-state index contributed by atoms with van der Waals surface area (Å²) >= 11 is 3.49. The van der Waals surface area contributed by atoms with Crippen LogP contribution in [0.15, 0.2) is 66.0 Å². The largest absolute Gasteiger partial charge is 0.306 e. The maximum Gasteiger partial charge on any atom is 0.166 e. The molecule has 8 heteroatoms. The van der Waals surface area contributed by atoms with E-state index in [4.69, 9.17) is 0 Å². The zero-order valence-corrected chi connectivity index (χ0v) is 18.0. The van der Waals surface area contributed by atoms with E-state index in [1.54, 1.807) is 23.4 Å². The zero-order chi connectivity index (χ0) is 20.7. The van der Waals surface area contributed by atoms with Crippen molar-refractivity contribution in [3.05, 3.63) is 88.6 Å². The molecule has 0 aromatic carbocycles. The SMILES string of the molecule is Cc1ccc2nc(Cn3cc(C(=O)CCc4ncn5ccc(Br)cc45)cn3)cn2c1. The van der Waals surface area contributed by atoms with Gasteiger partial charge < -0.3 is 8.80 Å². The first-order chi connectivity index (χ1) is 14.5. The maximum absolute atomic E-state index is 12.7. The molecule has 5 rings (SSSR count). The van der Waals surface area contributed by atoms with E-state index in [2.05, 4.69) is 37.9 Å². The number of Topliss-reactive ketones (excluding diaryl/α,β-unsaturated/α-hetero) is 1. The topological polar surface area (TPSA) is 69.5 Å². The average Bonchev–Trinajstić information content (AvgIpc) is 3.44. The van der Waals surface area contributed by atoms with E-state index in [0.29, 0.717) is 24.9 Å². The molecule has 150 valence electrons. The first kappa shape index (κ1) is 18.7. The molecule has 7 nitrogen and oxygen atoms in total. The third-order valence-corrected chi connectivity index (χ3v) is 5.59. The molecule has 0 saturated heterocycles. The van der Waals surface area contributed by atoms with Gasteiger partial charge in [0.25, 0.3) is 0 Å². The van der Waals surface area contributed by atoms with Crippen LogP contribution in [-0.4, -0.2) is 34.3 Å². The summed E-state index contributed by atoms with van der Waals surface area (Å²) in [4.78, 5) is 21.7. The Hall–Kier alpha value is -3.26. The van der Waals surface area contributed by atoms with Crippen molar-refractivity contribution in [1.29, 1.82) is 0 Å². The van der Waals surface area contributed by atoms with Crippen molar-refractivity contribution in [2.45, 2.75) is 26.3 Å². The number of hydrogen-bond acceptors (Lipinski definition) is 4. The Balaban J connectivity index is 1.27. The molecule has 0 radical (unpaired) electrons. The Kier molecular flexibility index (Phi) is 4.71. The number of aromatic nitrogens is 6. The molecule has 0 atom stereocenters. The highest BCUT2D eigenvalue weighted by atomic mass is 79.9. The number of nitrogens with zero attached hydrogens (tertiary/aromatic N) is 6. The van der Waals surface area contributed by atoms with Crippen LogP contribution in [0.2, 0.25) is 0 Å². The molecular formula is C22H19BrN6O. The van der Waals surface area contributed by atoms with Gasteiger partial charge in [0.15, 0.2) is 5.78 Å². The highest BCUT2D eigenvalue weighted by Gasteiger charge is 2.13. The Labute approximate surface area is 181 Å². The van der Waals surface area contributed by atoms with Crippen LogP contribution in [0.1, 0.15) is 33.7 Å². The molecule has 0 fully saturated rings. The van der Waals surface area contributed by atoms with Gasteiger partial charge in [-0.2, -0.15) is 5.10 Å². The summed E-state index contributed by atoms with van der Waals surface area (Å²) in [5.41, 5.74) is 5.51. The number of carbonyl (C=O) groups is 1. The Morgan fingerprint density at radius 2 is 2.03 bits per heavy atom. The van der Waals surface area contributed by atoms with Crippen LogP contribution < -0.4 is 0 Å². The van der Waals surface area contributed by atoms with Crippen LogP contribution >= 0.6 is 15.9 Å². The number of fused-ring (bicyclic) bond motifs is 2. The summed E-state index contributed by atoms with van der Waals surface area (Å²) in [6, 6.07) is 8.01. The van der Waals surface area contributed by atoms with Crippen molar-refractivity contribution in [3.8, 4) is 0 Å².